The number of rotatable bonds is 5. The van der Waals surface area contributed by atoms with E-state index in [4.69, 9.17) is 14.9 Å². The zero-order valence-corrected chi connectivity index (χ0v) is 13.0. The Hall–Kier alpha value is -3.28. The number of aromatic amines is 1. The topological polar surface area (TPSA) is 95.4 Å². The average molecular weight is 324 g/mol. The van der Waals surface area contributed by atoms with E-state index >= 15 is 0 Å². The van der Waals surface area contributed by atoms with Crippen LogP contribution in [-0.2, 0) is 4.74 Å². The van der Waals surface area contributed by atoms with Gasteiger partial charge in [0.05, 0.1) is 6.61 Å². The van der Waals surface area contributed by atoms with E-state index in [1.807, 2.05) is 0 Å². The monoisotopic (exact) mass is 324 g/mol. The molecule has 0 aliphatic carbocycles. The summed E-state index contributed by atoms with van der Waals surface area (Å²) in [6, 6.07) is 11.9. The van der Waals surface area contributed by atoms with E-state index in [0.29, 0.717) is 23.3 Å². The van der Waals surface area contributed by atoms with Crippen molar-refractivity contribution in [3.8, 4) is 11.5 Å². The molecule has 0 saturated heterocycles. The molecule has 0 unspecified atom stereocenters. The highest BCUT2D eigenvalue weighted by atomic mass is 16.5. The van der Waals surface area contributed by atoms with Crippen molar-refractivity contribution in [2.75, 3.05) is 6.61 Å². The molecular weight excluding hydrogens is 308 g/mol. The summed E-state index contributed by atoms with van der Waals surface area (Å²) in [6.45, 7) is 2.21. The Morgan fingerprint density at radius 2 is 2.08 bits per heavy atom. The molecule has 3 aromatic rings. The standard InChI is InChI=1S/C18H16N2O4/c1-2-23-17(19)11-4-3-5-12(10-11)24-15-7-6-14-13(8-9-20-14)16(15)18(21)22/h3-10,19-20H,2H2,1H3,(H,21,22). The lowest BCUT2D eigenvalue weighted by Crippen LogP contribution is -2.05. The molecule has 0 saturated carbocycles. The maximum absolute atomic E-state index is 11.6. The number of carbonyl (C=O) groups is 1. The minimum absolute atomic E-state index is 0.0440. The third-order valence-corrected chi connectivity index (χ3v) is 3.52. The van der Waals surface area contributed by atoms with Crippen LogP contribution in [0.5, 0.6) is 11.5 Å². The number of hydrogen-bond acceptors (Lipinski definition) is 4. The molecule has 0 aliphatic rings. The van der Waals surface area contributed by atoms with E-state index in [1.54, 1.807) is 55.6 Å². The highest BCUT2D eigenvalue weighted by Gasteiger charge is 2.17. The van der Waals surface area contributed by atoms with Crippen molar-refractivity contribution in [2.24, 2.45) is 0 Å². The number of benzene rings is 2. The number of fused-ring (bicyclic) bond motifs is 1. The number of hydrogen-bond donors (Lipinski definition) is 3. The molecule has 3 N–H and O–H groups in total. The van der Waals surface area contributed by atoms with Crippen LogP contribution in [0.2, 0.25) is 0 Å². The lowest BCUT2D eigenvalue weighted by atomic mass is 10.1. The molecule has 3 rings (SSSR count). The molecular formula is C18H16N2O4. The Bertz CT molecular complexity index is 914. The van der Waals surface area contributed by atoms with Crippen LogP contribution in [0.1, 0.15) is 22.8 Å². The van der Waals surface area contributed by atoms with E-state index in [0.717, 1.165) is 5.52 Å². The van der Waals surface area contributed by atoms with Crippen molar-refractivity contribution >= 4 is 22.8 Å². The fraction of sp³-hybridized carbons (Fsp3) is 0.111. The van der Waals surface area contributed by atoms with E-state index in [-0.39, 0.29) is 17.2 Å². The minimum atomic E-state index is -1.06. The van der Waals surface area contributed by atoms with Crippen molar-refractivity contribution in [1.29, 1.82) is 5.41 Å². The number of aromatic nitrogens is 1. The van der Waals surface area contributed by atoms with Gasteiger partial charge in [0.1, 0.15) is 17.1 Å². The number of ether oxygens (including phenoxy) is 2. The zero-order valence-electron chi connectivity index (χ0n) is 13.0. The van der Waals surface area contributed by atoms with Crippen LogP contribution in [0.15, 0.2) is 48.7 Å². The summed E-state index contributed by atoms with van der Waals surface area (Å²) < 4.78 is 10.9. The summed E-state index contributed by atoms with van der Waals surface area (Å²) in [6.07, 6.45) is 1.69. The number of nitrogens with one attached hydrogen (secondary N) is 2. The third kappa shape index (κ3) is 2.94. The molecule has 0 atom stereocenters. The van der Waals surface area contributed by atoms with Gasteiger partial charge < -0.3 is 19.6 Å². The van der Waals surface area contributed by atoms with Crippen molar-refractivity contribution in [1.82, 2.24) is 4.98 Å². The predicted molar refractivity (Wildman–Crippen MR) is 90.2 cm³/mol. The fourth-order valence-electron chi connectivity index (χ4n) is 2.47. The van der Waals surface area contributed by atoms with E-state index in [1.165, 1.54) is 0 Å². The molecule has 0 amide bonds. The van der Waals surface area contributed by atoms with Gasteiger partial charge in [0.25, 0.3) is 0 Å². The van der Waals surface area contributed by atoms with Crippen LogP contribution in [0.4, 0.5) is 0 Å². The molecule has 6 nitrogen and oxygen atoms in total. The smallest absolute Gasteiger partial charge is 0.340 e. The number of carboxylic acid groups (broad SMARTS) is 1. The average Bonchev–Trinajstić information content (AvgIpc) is 3.03. The van der Waals surface area contributed by atoms with Gasteiger partial charge in [-0.3, -0.25) is 5.41 Å². The summed E-state index contributed by atoms with van der Waals surface area (Å²) in [5.41, 5.74) is 1.39. The summed E-state index contributed by atoms with van der Waals surface area (Å²) in [5.74, 6) is -0.333. The summed E-state index contributed by atoms with van der Waals surface area (Å²) in [4.78, 5) is 14.6. The number of carboxylic acids is 1. The first kappa shape index (κ1) is 15.6. The summed E-state index contributed by atoms with van der Waals surface area (Å²) in [7, 11) is 0. The van der Waals surface area contributed by atoms with Gasteiger partial charge in [-0.25, -0.2) is 4.79 Å². The molecule has 0 fully saturated rings. The molecule has 6 heteroatoms. The van der Waals surface area contributed by atoms with Crippen LogP contribution >= 0.6 is 0 Å². The highest BCUT2D eigenvalue weighted by Crippen LogP contribution is 2.31. The Labute approximate surface area is 138 Å². The molecule has 0 aliphatic heterocycles. The second kappa shape index (κ2) is 6.45. The molecule has 122 valence electrons. The van der Waals surface area contributed by atoms with Crippen LogP contribution in [-0.4, -0.2) is 28.6 Å². The lowest BCUT2D eigenvalue weighted by Gasteiger charge is -2.11. The van der Waals surface area contributed by atoms with Gasteiger partial charge in [-0.1, -0.05) is 6.07 Å². The maximum Gasteiger partial charge on any atom is 0.340 e. The Balaban J connectivity index is 1.98. The summed E-state index contributed by atoms with van der Waals surface area (Å²) >= 11 is 0. The van der Waals surface area contributed by atoms with Gasteiger partial charge in [-0.15, -0.1) is 0 Å². The van der Waals surface area contributed by atoms with Gasteiger partial charge in [0.15, 0.2) is 0 Å². The Morgan fingerprint density at radius 3 is 2.83 bits per heavy atom. The second-order valence-corrected chi connectivity index (χ2v) is 5.07. The zero-order chi connectivity index (χ0) is 17.1. The van der Waals surface area contributed by atoms with Crippen molar-refractivity contribution in [3.05, 3.63) is 59.8 Å². The van der Waals surface area contributed by atoms with Gasteiger partial charge in [-0.05, 0) is 43.3 Å². The summed E-state index contributed by atoms with van der Waals surface area (Å²) in [5, 5.41) is 17.9. The normalized spacial score (nSPS) is 10.5. The molecule has 0 radical (unpaired) electrons. The SMILES string of the molecule is CCOC(=N)c1cccc(Oc2ccc3[nH]ccc3c2C(=O)O)c1. The second-order valence-electron chi connectivity index (χ2n) is 5.07. The Morgan fingerprint density at radius 1 is 1.25 bits per heavy atom. The van der Waals surface area contributed by atoms with Crippen molar-refractivity contribution < 1.29 is 19.4 Å². The van der Waals surface area contributed by atoms with Crippen molar-refractivity contribution in [3.63, 3.8) is 0 Å². The number of aromatic carboxylic acids is 1. The van der Waals surface area contributed by atoms with Gasteiger partial charge in [0, 0.05) is 22.7 Å². The van der Waals surface area contributed by atoms with E-state index < -0.39 is 5.97 Å². The van der Waals surface area contributed by atoms with Gasteiger partial charge in [0.2, 0.25) is 5.90 Å². The molecule has 2 aromatic carbocycles. The van der Waals surface area contributed by atoms with Gasteiger partial charge >= 0.3 is 5.97 Å². The van der Waals surface area contributed by atoms with Gasteiger partial charge in [-0.2, -0.15) is 0 Å². The maximum atomic E-state index is 11.6. The van der Waals surface area contributed by atoms with Crippen LogP contribution < -0.4 is 4.74 Å². The molecule has 1 heterocycles. The van der Waals surface area contributed by atoms with Crippen LogP contribution in [0.25, 0.3) is 10.9 Å². The minimum Gasteiger partial charge on any atom is -0.478 e. The predicted octanol–water partition coefficient (Wildman–Crippen LogP) is 4.02. The molecule has 0 bridgehead atoms. The van der Waals surface area contributed by atoms with E-state index in [2.05, 4.69) is 4.98 Å². The van der Waals surface area contributed by atoms with E-state index in [9.17, 15) is 9.90 Å². The van der Waals surface area contributed by atoms with Crippen LogP contribution in [0.3, 0.4) is 0 Å². The molecule has 1 aromatic heterocycles. The first-order valence-corrected chi connectivity index (χ1v) is 7.43. The quantitative estimate of drug-likeness (QED) is 0.488. The van der Waals surface area contributed by atoms with Crippen molar-refractivity contribution in [2.45, 2.75) is 6.92 Å². The fourth-order valence-corrected chi connectivity index (χ4v) is 2.47. The Kier molecular flexibility index (Phi) is 4.20. The largest absolute Gasteiger partial charge is 0.478 e. The third-order valence-electron chi connectivity index (χ3n) is 3.52. The van der Waals surface area contributed by atoms with Crippen LogP contribution in [0, 0.1) is 5.41 Å². The first-order valence-electron chi connectivity index (χ1n) is 7.43. The molecule has 24 heavy (non-hydrogen) atoms. The first-order chi connectivity index (χ1) is 11.6. The molecule has 0 spiro atoms. The highest BCUT2D eigenvalue weighted by molar-refractivity contribution is 6.05. The number of H-pyrrole nitrogens is 1. The lowest BCUT2D eigenvalue weighted by molar-refractivity contribution is 0.0696.